The van der Waals surface area contributed by atoms with Crippen molar-refractivity contribution in [3.8, 4) is 11.1 Å². The molecule has 1 aromatic carbocycles. The van der Waals surface area contributed by atoms with Crippen LogP contribution in [0.1, 0.15) is 11.3 Å². The fourth-order valence-electron chi connectivity index (χ4n) is 1.69. The summed E-state index contributed by atoms with van der Waals surface area (Å²) in [4.78, 5) is 11.6. The van der Waals surface area contributed by atoms with Gasteiger partial charge in [-0.25, -0.2) is 0 Å². The third-order valence-electron chi connectivity index (χ3n) is 2.40. The van der Waals surface area contributed by atoms with E-state index in [4.69, 9.17) is 5.73 Å². The molecular formula is C13H13NOS. The van der Waals surface area contributed by atoms with Crippen molar-refractivity contribution in [1.82, 2.24) is 0 Å². The van der Waals surface area contributed by atoms with Crippen LogP contribution in [0, 0.1) is 0 Å². The van der Waals surface area contributed by atoms with Crippen LogP contribution in [0.15, 0.2) is 36.4 Å². The molecule has 2 rings (SSSR count). The van der Waals surface area contributed by atoms with Crippen molar-refractivity contribution in [2.45, 2.75) is 12.8 Å². The van der Waals surface area contributed by atoms with Gasteiger partial charge < -0.3 is 10.5 Å². The molecule has 2 N–H and O–H groups in total. The molecule has 2 nitrogen and oxygen atoms in total. The quantitative estimate of drug-likeness (QED) is 0.821. The maximum absolute atomic E-state index is 10.4. The molecule has 0 radical (unpaired) electrons. The van der Waals surface area contributed by atoms with Crippen molar-refractivity contribution >= 4 is 22.6 Å². The summed E-state index contributed by atoms with van der Waals surface area (Å²) in [5.41, 5.74) is 8.14. The Kier molecular flexibility index (Phi) is 3.37. The van der Waals surface area contributed by atoms with Gasteiger partial charge in [-0.3, -0.25) is 0 Å². The second-order valence-corrected chi connectivity index (χ2v) is 4.73. The highest BCUT2D eigenvalue weighted by Crippen LogP contribution is 2.33. The normalized spacial score (nSPS) is 10.2. The Hall–Kier alpha value is -1.61. The van der Waals surface area contributed by atoms with E-state index >= 15 is 0 Å². The minimum absolute atomic E-state index is 0.555. The highest BCUT2D eigenvalue weighted by Gasteiger charge is 2.08. The van der Waals surface area contributed by atoms with Gasteiger partial charge in [0.15, 0.2) is 0 Å². The van der Waals surface area contributed by atoms with Crippen LogP contribution in [0.5, 0.6) is 0 Å². The van der Waals surface area contributed by atoms with Gasteiger partial charge in [-0.2, -0.15) is 0 Å². The molecule has 0 amide bonds. The van der Waals surface area contributed by atoms with Gasteiger partial charge in [0, 0.05) is 11.3 Å². The standard InChI is InChI=1S/C13H13NOS/c14-13-9-11(10-5-2-1-3-6-10)12(16-13)7-4-8-15/h1-3,5-6,8-9H,4,7,14H2. The molecule has 0 saturated heterocycles. The number of benzene rings is 1. The first-order valence-electron chi connectivity index (χ1n) is 5.18. The number of thiophene rings is 1. The number of rotatable bonds is 4. The van der Waals surface area contributed by atoms with Crippen LogP contribution in [-0.4, -0.2) is 6.29 Å². The molecule has 0 aliphatic rings. The molecular weight excluding hydrogens is 218 g/mol. The van der Waals surface area contributed by atoms with Gasteiger partial charge in [0.05, 0.1) is 5.00 Å². The highest BCUT2D eigenvalue weighted by molar-refractivity contribution is 7.16. The maximum atomic E-state index is 10.4. The zero-order chi connectivity index (χ0) is 11.4. The zero-order valence-corrected chi connectivity index (χ0v) is 9.67. The van der Waals surface area contributed by atoms with Crippen LogP contribution in [0.2, 0.25) is 0 Å². The second kappa shape index (κ2) is 4.94. The van der Waals surface area contributed by atoms with E-state index < -0.39 is 0 Å². The largest absolute Gasteiger partial charge is 0.391 e. The monoisotopic (exact) mass is 231 g/mol. The topological polar surface area (TPSA) is 43.1 Å². The highest BCUT2D eigenvalue weighted by atomic mass is 32.1. The molecule has 0 spiro atoms. The lowest BCUT2D eigenvalue weighted by molar-refractivity contribution is -0.107. The van der Waals surface area contributed by atoms with E-state index in [2.05, 4.69) is 12.1 Å². The number of hydrogen-bond acceptors (Lipinski definition) is 3. The number of carbonyl (C=O) groups excluding carboxylic acids is 1. The summed E-state index contributed by atoms with van der Waals surface area (Å²) in [5, 5.41) is 0.805. The lowest BCUT2D eigenvalue weighted by Crippen LogP contribution is -1.85. The van der Waals surface area contributed by atoms with Crippen LogP contribution in [0.25, 0.3) is 11.1 Å². The van der Waals surface area contributed by atoms with E-state index in [1.54, 1.807) is 11.3 Å². The summed E-state index contributed by atoms with van der Waals surface area (Å²) in [7, 11) is 0. The Morgan fingerprint density at radius 1 is 1.25 bits per heavy atom. The van der Waals surface area contributed by atoms with Gasteiger partial charge in [0.1, 0.15) is 6.29 Å². The zero-order valence-electron chi connectivity index (χ0n) is 8.85. The molecule has 3 heteroatoms. The van der Waals surface area contributed by atoms with Gasteiger partial charge in [-0.05, 0) is 23.6 Å². The van der Waals surface area contributed by atoms with Crippen LogP contribution < -0.4 is 5.73 Å². The summed E-state index contributed by atoms with van der Waals surface area (Å²) >= 11 is 1.57. The Balaban J connectivity index is 2.36. The first-order chi connectivity index (χ1) is 7.81. The second-order valence-electron chi connectivity index (χ2n) is 3.56. The van der Waals surface area contributed by atoms with E-state index in [1.807, 2.05) is 24.3 Å². The summed E-state index contributed by atoms with van der Waals surface area (Å²) in [6, 6.07) is 12.1. The third-order valence-corrected chi connectivity index (χ3v) is 3.43. The average molecular weight is 231 g/mol. The van der Waals surface area contributed by atoms with Gasteiger partial charge >= 0.3 is 0 Å². The number of nitrogen functional groups attached to an aromatic ring is 1. The summed E-state index contributed by atoms with van der Waals surface area (Å²) < 4.78 is 0. The lowest BCUT2D eigenvalue weighted by atomic mass is 10.0. The lowest BCUT2D eigenvalue weighted by Gasteiger charge is -2.01. The smallest absolute Gasteiger partial charge is 0.120 e. The van der Waals surface area contributed by atoms with E-state index in [1.165, 1.54) is 4.88 Å². The predicted octanol–water partition coefficient (Wildman–Crippen LogP) is 3.13. The SMILES string of the molecule is Nc1cc(-c2ccccc2)c(CCC=O)s1. The third kappa shape index (κ3) is 2.31. The molecule has 0 fully saturated rings. The molecule has 0 saturated carbocycles. The van der Waals surface area contributed by atoms with Crippen LogP contribution in [0.3, 0.4) is 0 Å². The Labute approximate surface area is 98.7 Å². The van der Waals surface area contributed by atoms with Crippen LogP contribution in [-0.2, 0) is 11.2 Å². The van der Waals surface area contributed by atoms with E-state index in [-0.39, 0.29) is 0 Å². The Bertz CT molecular complexity index is 476. The first kappa shape index (κ1) is 10.9. The Morgan fingerprint density at radius 3 is 2.69 bits per heavy atom. The Morgan fingerprint density at radius 2 is 2.00 bits per heavy atom. The number of hydrogen-bond donors (Lipinski definition) is 1. The van der Waals surface area contributed by atoms with Gasteiger partial charge in [0.25, 0.3) is 0 Å². The molecule has 0 atom stereocenters. The van der Waals surface area contributed by atoms with Gasteiger partial charge in [-0.15, -0.1) is 11.3 Å². The van der Waals surface area contributed by atoms with Crippen molar-refractivity contribution in [3.63, 3.8) is 0 Å². The average Bonchev–Trinajstić information content (AvgIpc) is 2.69. The van der Waals surface area contributed by atoms with Crippen molar-refractivity contribution in [2.75, 3.05) is 5.73 Å². The number of carbonyl (C=O) groups is 1. The predicted molar refractivity (Wildman–Crippen MR) is 68.6 cm³/mol. The summed E-state index contributed by atoms with van der Waals surface area (Å²) in [6.07, 6.45) is 2.28. The molecule has 82 valence electrons. The molecule has 0 unspecified atom stereocenters. The fourth-order valence-corrected chi connectivity index (χ4v) is 2.66. The molecule has 2 aromatic rings. The summed E-state index contributed by atoms with van der Waals surface area (Å²) in [6.45, 7) is 0. The van der Waals surface area contributed by atoms with Gasteiger partial charge in [-0.1, -0.05) is 30.3 Å². The van der Waals surface area contributed by atoms with E-state index in [9.17, 15) is 4.79 Å². The number of nitrogens with two attached hydrogens (primary N) is 1. The van der Waals surface area contributed by atoms with Crippen molar-refractivity contribution in [1.29, 1.82) is 0 Å². The fraction of sp³-hybridized carbons (Fsp3) is 0.154. The molecule has 16 heavy (non-hydrogen) atoms. The van der Waals surface area contributed by atoms with Crippen molar-refractivity contribution < 1.29 is 4.79 Å². The minimum atomic E-state index is 0.555. The van der Waals surface area contributed by atoms with E-state index in [0.717, 1.165) is 28.8 Å². The minimum Gasteiger partial charge on any atom is -0.391 e. The molecule has 1 heterocycles. The molecule has 1 aromatic heterocycles. The molecule has 0 aliphatic carbocycles. The van der Waals surface area contributed by atoms with E-state index in [0.29, 0.717) is 6.42 Å². The summed E-state index contributed by atoms with van der Waals surface area (Å²) in [5.74, 6) is 0. The molecule has 0 bridgehead atoms. The maximum Gasteiger partial charge on any atom is 0.120 e. The van der Waals surface area contributed by atoms with Crippen molar-refractivity contribution in [3.05, 3.63) is 41.3 Å². The first-order valence-corrected chi connectivity index (χ1v) is 6.00. The number of anilines is 1. The van der Waals surface area contributed by atoms with Crippen molar-refractivity contribution in [2.24, 2.45) is 0 Å². The van der Waals surface area contributed by atoms with Crippen LogP contribution in [0.4, 0.5) is 5.00 Å². The molecule has 0 aliphatic heterocycles. The van der Waals surface area contributed by atoms with Gasteiger partial charge in [0.2, 0.25) is 0 Å². The number of aryl methyl sites for hydroxylation is 1. The van der Waals surface area contributed by atoms with Crippen LogP contribution >= 0.6 is 11.3 Å². The number of aldehydes is 1.